The number of carbonyl (C=O) groups excluding carboxylic acids is 1. The lowest BCUT2D eigenvalue weighted by atomic mass is 9.42. The summed E-state index contributed by atoms with van der Waals surface area (Å²) >= 11 is 0. The van der Waals surface area contributed by atoms with E-state index in [9.17, 15) is 9.90 Å². The van der Waals surface area contributed by atoms with Crippen molar-refractivity contribution in [1.82, 2.24) is 0 Å². The zero-order valence-corrected chi connectivity index (χ0v) is 16.0. The van der Waals surface area contributed by atoms with Crippen LogP contribution in [0.3, 0.4) is 0 Å². The maximum absolute atomic E-state index is 11.4. The van der Waals surface area contributed by atoms with Crippen LogP contribution in [0.15, 0.2) is 11.6 Å². The van der Waals surface area contributed by atoms with Gasteiger partial charge in [-0.15, -0.1) is 0 Å². The predicted molar refractivity (Wildman–Crippen MR) is 94.8 cm³/mol. The lowest BCUT2D eigenvalue weighted by Crippen LogP contribution is -2.64. The minimum atomic E-state index is -0.524. The lowest BCUT2D eigenvalue weighted by Gasteiger charge is -2.65. The summed E-state index contributed by atoms with van der Waals surface area (Å²) in [5, 5.41) is 11.0. The van der Waals surface area contributed by atoms with E-state index in [1.165, 1.54) is 0 Å². The number of aliphatic hydroxyl groups is 1. The standard InChI is InChI=1S/C21H32O4/c1-13-14(12-22)11-16(23)18-15(13)5-6-17-19(2,3)21(24-9-10-25-21)8-7-20(17,18)4/h11-13,15-18,23H,5-10H2,1-4H3/t13-,15-,16?,17-,18+,20-/m0/s1. The highest BCUT2D eigenvalue weighted by Crippen LogP contribution is 2.67. The second-order valence-electron chi connectivity index (χ2n) is 9.56. The molecule has 4 aliphatic rings. The smallest absolute Gasteiger partial charge is 0.173 e. The van der Waals surface area contributed by atoms with Crippen molar-refractivity contribution >= 4 is 6.29 Å². The maximum atomic E-state index is 11.4. The van der Waals surface area contributed by atoms with Crippen LogP contribution in [0.4, 0.5) is 0 Å². The molecule has 0 aromatic rings. The molecule has 3 fully saturated rings. The summed E-state index contributed by atoms with van der Waals surface area (Å²) in [6, 6.07) is 0. The van der Waals surface area contributed by atoms with E-state index in [1.54, 1.807) is 0 Å². The highest BCUT2D eigenvalue weighted by molar-refractivity contribution is 5.74. The molecule has 25 heavy (non-hydrogen) atoms. The molecule has 0 aromatic heterocycles. The minimum Gasteiger partial charge on any atom is -0.389 e. The van der Waals surface area contributed by atoms with Crippen molar-refractivity contribution in [3.8, 4) is 0 Å². The van der Waals surface area contributed by atoms with Gasteiger partial charge in [-0.2, -0.15) is 0 Å². The number of aldehydes is 1. The summed E-state index contributed by atoms with van der Waals surface area (Å²) in [6.07, 6.45) is 6.32. The van der Waals surface area contributed by atoms with E-state index in [4.69, 9.17) is 9.47 Å². The number of allylic oxidation sites excluding steroid dienone is 1. The van der Waals surface area contributed by atoms with Gasteiger partial charge in [0.2, 0.25) is 0 Å². The first-order chi connectivity index (χ1) is 11.8. The molecule has 0 bridgehead atoms. The predicted octanol–water partition coefficient (Wildman–Crippen LogP) is 3.33. The molecule has 0 aromatic carbocycles. The van der Waals surface area contributed by atoms with Crippen molar-refractivity contribution < 1.29 is 19.4 Å². The van der Waals surface area contributed by atoms with Crippen molar-refractivity contribution in [3.63, 3.8) is 0 Å². The average Bonchev–Trinajstić information content (AvgIpc) is 3.05. The molecule has 4 nitrogen and oxygen atoms in total. The van der Waals surface area contributed by atoms with Gasteiger partial charge in [0.1, 0.15) is 6.29 Å². The number of rotatable bonds is 1. The van der Waals surface area contributed by atoms with E-state index in [0.717, 1.165) is 37.5 Å². The van der Waals surface area contributed by atoms with Gasteiger partial charge in [0.25, 0.3) is 0 Å². The Bertz CT molecular complexity index is 589. The van der Waals surface area contributed by atoms with E-state index in [2.05, 4.69) is 27.7 Å². The molecule has 140 valence electrons. The summed E-state index contributed by atoms with van der Waals surface area (Å²) in [4.78, 5) is 11.4. The van der Waals surface area contributed by atoms with Crippen LogP contribution < -0.4 is 0 Å². The Hall–Kier alpha value is -0.710. The van der Waals surface area contributed by atoms with Gasteiger partial charge in [-0.05, 0) is 60.0 Å². The average molecular weight is 348 g/mol. The first-order valence-electron chi connectivity index (χ1n) is 9.90. The van der Waals surface area contributed by atoms with Crippen LogP contribution in [-0.2, 0) is 14.3 Å². The molecule has 0 radical (unpaired) electrons. The van der Waals surface area contributed by atoms with Crippen molar-refractivity contribution in [2.75, 3.05) is 13.2 Å². The molecule has 1 saturated heterocycles. The summed E-state index contributed by atoms with van der Waals surface area (Å²) in [7, 11) is 0. The summed E-state index contributed by atoms with van der Waals surface area (Å²) in [5.41, 5.74) is 0.745. The Morgan fingerprint density at radius 3 is 2.48 bits per heavy atom. The quantitative estimate of drug-likeness (QED) is 0.739. The fourth-order valence-electron chi connectivity index (χ4n) is 7.16. The number of aliphatic hydroxyl groups excluding tert-OH is 1. The fourth-order valence-corrected chi connectivity index (χ4v) is 7.16. The Morgan fingerprint density at radius 1 is 1.16 bits per heavy atom. The highest BCUT2D eigenvalue weighted by atomic mass is 16.7. The normalized spacial score (nSPS) is 47.7. The maximum Gasteiger partial charge on any atom is 0.173 e. The van der Waals surface area contributed by atoms with Gasteiger partial charge >= 0.3 is 0 Å². The van der Waals surface area contributed by atoms with E-state index in [1.807, 2.05) is 6.08 Å². The van der Waals surface area contributed by atoms with Gasteiger partial charge in [-0.3, -0.25) is 4.79 Å². The van der Waals surface area contributed by atoms with E-state index < -0.39 is 11.9 Å². The van der Waals surface area contributed by atoms with Crippen molar-refractivity contribution in [2.45, 2.75) is 65.3 Å². The molecular weight excluding hydrogens is 316 g/mol. The first kappa shape index (κ1) is 17.7. The van der Waals surface area contributed by atoms with E-state index in [0.29, 0.717) is 25.0 Å². The van der Waals surface area contributed by atoms with Crippen LogP contribution in [0, 0.1) is 34.5 Å². The van der Waals surface area contributed by atoms with Gasteiger partial charge in [0, 0.05) is 11.8 Å². The van der Waals surface area contributed by atoms with Crippen molar-refractivity contribution in [1.29, 1.82) is 0 Å². The Morgan fingerprint density at radius 2 is 1.84 bits per heavy atom. The van der Waals surface area contributed by atoms with E-state index in [-0.39, 0.29) is 22.7 Å². The Balaban J connectivity index is 1.73. The molecule has 4 rings (SSSR count). The van der Waals surface area contributed by atoms with Crippen LogP contribution in [0.2, 0.25) is 0 Å². The summed E-state index contributed by atoms with van der Waals surface area (Å²) in [6.45, 7) is 10.5. The van der Waals surface area contributed by atoms with Gasteiger partial charge in [0.05, 0.1) is 19.3 Å². The van der Waals surface area contributed by atoms with E-state index >= 15 is 0 Å². The number of hydrogen-bond acceptors (Lipinski definition) is 4. The monoisotopic (exact) mass is 348 g/mol. The molecule has 2 saturated carbocycles. The molecular formula is C21H32O4. The second kappa shape index (κ2) is 5.64. The topological polar surface area (TPSA) is 55.8 Å². The molecule has 1 spiro atoms. The highest BCUT2D eigenvalue weighted by Gasteiger charge is 2.66. The molecule has 4 heteroatoms. The van der Waals surface area contributed by atoms with Crippen molar-refractivity contribution in [3.05, 3.63) is 11.6 Å². The molecule has 0 amide bonds. The number of carbonyl (C=O) groups is 1. The van der Waals surface area contributed by atoms with Crippen LogP contribution >= 0.6 is 0 Å². The molecule has 3 aliphatic carbocycles. The molecule has 1 heterocycles. The first-order valence-corrected chi connectivity index (χ1v) is 9.90. The summed E-state index contributed by atoms with van der Waals surface area (Å²) in [5.74, 6) is 0.821. The third-order valence-electron chi connectivity index (χ3n) is 8.44. The Labute approximate surface area is 151 Å². The minimum absolute atomic E-state index is 0.0472. The van der Waals surface area contributed by atoms with Crippen LogP contribution in [0.5, 0.6) is 0 Å². The van der Waals surface area contributed by atoms with Crippen LogP contribution in [0.25, 0.3) is 0 Å². The zero-order valence-electron chi connectivity index (χ0n) is 16.0. The number of ether oxygens (including phenoxy) is 2. The zero-order chi connectivity index (χ0) is 18.0. The summed E-state index contributed by atoms with van der Waals surface area (Å²) < 4.78 is 12.3. The number of hydrogen-bond donors (Lipinski definition) is 1. The molecule has 1 N–H and O–H groups in total. The molecule has 1 aliphatic heterocycles. The van der Waals surface area contributed by atoms with Gasteiger partial charge in [-0.25, -0.2) is 0 Å². The molecule has 6 atom stereocenters. The number of fused-ring (bicyclic) bond motifs is 3. The van der Waals surface area contributed by atoms with Gasteiger partial charge in [0.15, 0.2) is 5.79 Å². The van der Waals surface area contributed by atoms with Gasteiger partial charge < -0.3 is 14.6 Å². The van der Waals surface area contributed by atoms with Crippen LogP contribution in [0.1, 0.15) is 53.4 Å². The van der Waals surface area contributed by atoms with Crippen molar-refractivity contribution in [2.24, 2.45) is 34.5 Å². The second-order valence-corrected chi connectivity index (χ2v) is 9.56. The third kappa shape index (κ3) is 2.20. The third-order valence-corrected chi connectivity index (χ3v) is 8.44. The largest absolute Gasteiger partial charge is 0.389 e. The molecule has 1 unspecified atom stereocenters. The fraction of sp³-hybridized carbons (Fsp3) is 0.857. The van der Waals surface area contributed by atoms with Crippen LogP contribution in [-0.4, -0.2) is 36.5 Å². The SMILES string of the molecule is C[C@H]1C(C=O)=CC(O)[C@H]2[C@H]1CC[C@H]1C(C)(C)C3(CC[C@]21C)OCCO3. The van der Waals surface area contributed by atoms with Gasteiger partial charge in [-0.1, -0.05) is 27.7 Å². The lowest BCUT2D eigenvalue weighted by molar-refractivity contribution is -0.301. The Kier molecular flexibility index (Phi) is 3.99.